The van der Waals surface area contributed by atoms with E-state index in [-0.39, 0.29) is 0 Å². The second-order valence-electron chi connectivity index (χ2n) is 3.29. The third kappa shape index (κ3) is 1.30. The zero-order valence-corrected chi connectivity index (χ0v) is 7.86. The second kappa shape index (κ2) is 3.24. The highest BCUT2D eigenvalue weighted by atomic mass is 16.5. The number of ether oxygens (including phenoxy) is 1. The fourth-order valence-corrected chi connectivity index (χ4v) is 1.55. The molecule has 14 heavy (non-hydrogen) atoms. The number of pyridine rings is 1. The van der Waals surface area contributed by atoms with E-state index in [0.717, 1.165) is 18.4 Å². The number of methoxy groups -OCH3 is 1. The van der Waals surface area contributed by atoms with E-state index in [1.165, 1.54) is 0 Å². The predicted molar refractivity (Wildman–Crippen MR) is 49.8 cm³/mol. The molecule has 0 aromatic carbocycles. The van der Waals surface area contributed by atoms with E-state index in [2.05, 4.69) is 9.98 Å². The van der Waals surface area contributed by atoms with Crippen molar-refractivity contribution in [3.8, 4) is 5.88 Å². The summed E-state index contributed by atoms with van der Waals surface area (Å²) in [6.45, 7) is 0. The molecule has 4 nitrogen and oxygen atoms in total. The molecule has 0 N–H and O–H groups in total. The van der Waals surface area contributed by atoms with Crippen molar-refractivity contribution in [2.75, 3.05) is 7.11 Å². The Morgan fingerprint density at radius 1 is 1.64 bits per heavy atom. The molecular formula is C10H10N2O2. The fraction of sp³-hybridized carbons (Fsp3) is 0.400. The summed E-state index contributed by atoms with van der Waals surface area (Å²) < 4.78 is 5.12. The van der Waals surface area contributed by atoms with E-state index in [9.17, 15) is 4.79 Å². The molecule has 1 aromatic heterocycles. The van der Waals surface area contributed by atoms with Crippen LogP contribution in [0.3, 0.4) is 0 Å². The topological polar surface area (TPSA) is 51.6 Å². The average molecular weight is 190 g/mol. The fourth-order valence-electron chi connectivity index (χ4n) is 1.55. The molecule has 0 aliphatic heterocycles. The summed E-state index contributed by atoms with van der Waals surface area (Å²) in [5.74, 6) is 0.545. The Balaban J connectivity index is 2.45. The van der Waals surface area contributed by atoms with Gasteiger partial charge in [-0.2, -0.15) is 4.99 Å². The molecule has 1 fully saturated rings. The maximum atomic E-state index is 10.3. The van der Waals surface area contributed by atoms with Crippen molar-refractivity contribution in [3.63, 3.8) is 0 Å². The smallest absolute Gasteiger partial charge is 0.235 e. The molecule has 1 aliphatic rings. The maximum Gasteiger partial charge on any atom is 0.235 e. The van der Waals surface area contributed by atoms with E-state index in [4.69, 9.17) is 4.74 Å². The van der Waals surface area contributed by atoms with Crippen molar-refractivity contribution >= 4 is 6.08 Å². The first-order valence-corrected chi connectivity index (χ1v) is 4.41. The monoisotopic (exact) mass is 190 g/mol. The normalized spacial score (nSPS) is 16.9. The third-order valence-electron chi connectivity index (χ3n) is 2.45. The Bertz CT molecular complexity index is 393. The average Bonchev–Trinajstić information content (AvgIpc) is 2.99. The van der Waals surface area contributed by atoms with E-state index in [1.807, 2.05) is 12.1 Å². The molecule has 0 saturated heterocycles. The summed E-state index contributed by atoms with van der Waals surface area (Å²) in [5, 5.41) is 0. The van der Waals surface area contributed by atoms with Crippen LogP contribution in [0.5, 0.6) is 5.88 Å². The SMILES string of the molecule is COc1ncccc1C1(N=C=O)CC1. The van der Waals surface area contributed by atoms with Gasteiger partial charge in [0, 0.05) is 11.8 Å². The van der Waals surface area contributed by atoms with Crippen molar-refractivity contribution in [1.29, 1.82) is 0 Å². The number of carbonyl (C=O) groups excluding carboxylic acids is 1. The zero-order valence-electron chi connectivity index (χ0n) is 7.86. The number of aliphatic imine (C=N–C) groups is 1. The Hall–Kier alpha value is -1.67. The van der Waals surface area contributed by atoms with Crippen LogP contribution in [0.1, 0.15) is 18.4 Å². The number of isocyanates is 1. The molecule has 0 atom stereocenters. The number of hydrogen-bond acceptors (Lipinski definition) is 4. The van der Waals surface area contributed by atoms with Crippen molar-refractivity contribution in [3.05, 3.63) is 23.9 Å². The van der Waals surface area contributed by atoms with Gasteiger partial charge >= 0.3 is 0 Å². The molecule has 72 valence electrons. The van der Waals surface area contributed by atoms with Crippen LogP contribution in [-0.2, 0) is 10.3 Å². The molecule has 1 saturated carbocycles. The second-order valence-corrected chi connectivity index (χ2v) is 3.29. The summed E-state index contributed by atoms with van der Waals surface area (Å²) in [5.41, 5.74) is 0.479. The van der Waals surface area contributed by atoms with Crippen molar-refractivity contribution in [1.82, 2.24) is 4.98 Å². The lowest BCUT2D eigenvalue weighted by Crippen LogP contribution is -2.05. The van der Waals surface area contributed by atoms with E-state index in [0.29, 0.717) is 5.88 Å². The van der Waals surface area contributed by atoms with Gasteiger partial charge in [0.05, 0.1) is 7.11 Å². The van der Waals surface area contributed by atoms with Gasteiger partial charge in [0.25, 0.3) is 0 Å². The number of aromatic nitrogens is 1. The quantitative estimate of drug-likeness (QED) is 0.535. The molecule has 1 aliphatic carbocycles. The Morgan fingerprint density at radius 3 is 3.00 bits per heavy atom. The minimum absolute atomic E-state index is 0.401. The molecule has 4 heteroatoms. The summed E-state index contributed by atoms with van der Waals surface area (Å²) in [6.07, 6.45) is 5.00. The Labute approximate surface area is 81.6 Å². The van der Waals surface area contributed by atoms with E-state index >= 15 is 0 Å². The largest absolute Gasteiger partial charge is 0.481 e. The lowest BCUT2D eigenvalue weighted by molar-refractivity contribution is 0.387. The first-order chi connectivity index (χ1) is 6.82. The molecule has 0 amide bonds. The van der Waals surface area contributed by atoms with Gasteiger partial charge in [-0.05, 0) is 25.0 Å². The predicted octanol–water partition coefficient (Wildman–Crippen LogP) is 1.42. The van der Waals surface area contributed by atoms with Gasteiger partial charge in [0.15, 0.2) is 0 Å². The van der Waals surface area contributed by atoms with Crippen LogP contribution in [0, 0.1) is 0 Å². The molecule has 1 aromatic rings. The first-order valence-electron chi connectivity index (χ1n) is 4.41. The van der Waals surface area contributed by atoms with Gasteiger partial charge in [-0.25, -0.2) is 9.78 Å². The van der Waals surface area contributed by atoms with Crippen LogP contribution >= 0.6 is 0 Å². The van der Waals surface area contributed by atoms with Gasteiger partial charge < -0.3 is 4.74 Å². The minimum Gasteiger partial charge on any atom is -0.481 e. The van der Waals surface area contributed by atoms with Crippen molar-refractivity contribution in [2.24, 2.45) is 4.99 Å². The van der Waals surface area contributed by atoms with Gasteiger partial charge in [-0.15, -0.1) is 0 Å². The number of nitrogens with zero attached hydrogens (tertiary/aromatic N) is 2. The Morgan fingerprint density at radius 2 is 2.43 bits per heavy atom. The van der Waals surface area contributed by atoms with Crippen LogP contribution in [0.15, 0.2) is 23.3 Å². The molecule has 2 rings (SSSR count). The molecule has 0 spiro atoms. The number of hydrogen-bond donors (Lipinski definition) is 0. The van der Waals surface area contributed by atoms with E-state index in [1.54, 1.807) is 19.4 Å². The highest BCUT2D eigenvalue weighted by Crippen LogP contribution is 2.51. The summed E-state index contributed by atoms with van der Waals surface area (Å²) >= 11 is 0. The highest BCUT2D eigenvalue weighted by Gasteiger charge is 2.47. The molecular weight excluding hydrogens is 180 g/mol. The molecule has 0 unspecified atom stereocenters. The van der Waals surface area contributed by atoms with Crippen LogP contribution in [-0.4, -0.2) is 18.2 Å². The van der Waals surface area contributed by atoms with E-state index < -0.39 is 5.54 Å². The lowest BCUT2D eigenvalue weighted by Gasteiger charge is -2.11. The van der Waals surface area contributed by atoms with Crippen LogP contribution in [0.4, 0.5) is 0 Å². The first kappa shape index (κ1) is 8.91. The van der Waals surface area contributed by atoms with Crippen LogP contribution in [0.25, 0.3) is 0 Å². The van der Waals surface area contributed by atoms with Gasteiger partial charge in [-0.3, -0.25) is 0 Å². The van der Waals surface area contributed by atoms with Crippen LogP contribution in [0.2, 0.25) is 0 Å². The van der Waals surface area contributed by atoms with Gasteiger partial charge in [0.1, 0.15) is 5.54 Å². The lowest BCUT2D eigenvalue weighted by atomic mass is 10.1. The summed E-state index contributed by atoms with van der Waals surface area (Å²) in [4.78, 5) is 18.2. The van der Waals surface area contributed by atoms with Crippen molar-refractivity contribution in [2.45, 2.75) is 18.4 Å². The summed E-state index contributed by atoms with van der Waals surface area (Å²) in [6, 6.07) is 3.71. The standard InChI is InChI=1S/C10H10N2O2/c1-14-9-8(3-2-6-11-9)10(4-5-10)12-7-13/h2-3,6H,4-5H2,1H3. The van der Waals surface area contributed by atoms with Gasteiger partial charge in [0.2, 0.25) is 12.0 Å². The molecule has 1 heterocycles. The maximum absolute atomic E-state index is 10.3. The Kier molecular flexibility index (Phi) is 2.06. The van der Waals surface area contributed by atoms with Crippen molar-refractivity contribution < 1.29 is 9.53 Å². The zero-order chi connectivity index (χ0) is 10.0. The minimum atomic E-state index is -0.401. The summed E-state index contributed by atoms with van der Waals surface area (Å²) in [7, 11) is 1.56. The third-order valence-corrected chi connectivity index (χ3v) is 2.45. The molecule has 0 bridgehead atoms. The van der Waals surface area contributed by atoms with Crippen LogP contribution < -0.4 is 4.74 Å². The highest BCUT2D eigenvalue weighted by molar-refractivity contribution is 5.44. The van der Waals surface area contributed by atoms with Gasteiger partial charge in [-0.1, -0.05) is 0 Å². The molecule has 0 radical (unpaired) electrons. The number of rotatable bonds is 3.